The fourth-order valence-corrected chi connectivity index (χ4v) is 2.63. The number of rotatable bonds is 10. The second-order valence-electron chi connectivity index (χ2n) is 4.36. The molecule has 0 atom stereocenters. The van der Waals surface area contributed by atoms with Crippen molar-refractivity contribution >= 4 is 11.3 Å². The molecule has 1 aromatic heterocycles. The van der Waals surface area contributed by atoms with Gasteiger partial charge in [-0.2, -0.15) is 0 Å². The summed E-state index contributed by atoms with van der Waals surface area (Å²) in [6.07, 6.45) is 8.77. The Balaban J connectivity index is 2.12. The molecule has 98 valence electrons. The number of likely N-dealkylation sites (N-methyl/N-ethyl adjacent to an activating group) is 1. The Kier molecular flexibility index (Phi) is 8.18. The Morgan fingerprint density at radius 2 is 1.65 bits per heavy atom. The molecule has 0 radical (unpaired) electrons. The Bertz CT molecular complexity index is 286. The number of nitrogens with zero attached hydrogens (tertiary/aromatic N) is 2. The summed E-state index contributed by atoms with van der Waals surface area (Å²) >= 11 is 1.78. The zero-order valence-corrected chi connectivity index (χ0v) is 12.0. The summed E-state index contributed by atoms with van der Waals surface area (Å²) < 4.78 is 0. The van der Waals surface area contributed by atoms with Crippen LogP contribution >= 0.6 is 11.3 Å². The summed E-state index contributed by atoms with van der Waals surface area (Å²) in [5.41, 5.74) is 0. The third kappa shape index (κ3) is 6.74. The van der Waals surface area contributed by atoms with E-state index in [2.05, 4.69) is 29.4 Å². The lowest BCUT2D eigenvalue weighted by Gasteiger charge is -1.97. The number of aromatic nitrogens is 2. The second-order valence-corrected chi connectivity index (χ2v) is 5.50. The number of aryl methyl sites for hydroxylation is 1. The molecule has 1 aromatic rings. The summed E-state index contributed by atoms with van der Waals surface area (Å²) in [4.78, 5) is 0. The van der Waals surface area contributed by atoms with Gasteiger partial charge in [-0.1, -0.05) is 39.5 Å². The zero-order chi connectivity index (χ0) is 12.3. The maximum atomic E-state index is 4.25. The van der Waals surface area contributed by atoms with E-state index in [0.29, 0.717) is 0 Å². The lowest BCUT2D eigenvalue weighted by molar-refractivity contribution is 0.629. The van der Waals surface area contributed by atoms with Gasteiger partial charge in [0.05, 0.1) is 0 Å². The molecule has 0 aromatic carbocycles. The van der Waals surface area contributed by atoms with Gasteiger partial charge in [-0.25, -0.2) is 0 Å². The largest absolute Gasteiger partial charge is 0.317 e. The van der Waals surface area contributed by atoms with Crippen LogP contribution in [-0.2, 0) is 12.8 Å². The van der Waals surface area contributed by atoms with Crippen LogP contribution in [0.15, 0.2) is 0 Å². The molecule has 0 saturated heterocycles. The van der Waals surface area contributed by atoms with Crippen molar-refractivity contribution < 1.29 is 0 Å². The van der Waals surface area contributed by atoms with Crippen molar-refractivity contribution in [3.8, 4) is 0 Å². The average Bonchev–Trinajstić information content (AvgIpc) is 2.77. The predicted molar refractivity (Wildman–Crippen MR) is 74.6 cm³/mol. The van der Waals surface area contributed by atoms with Crippen LogP contribution in [0.2, 0.25) is 0 Å². The quantitative estimate of drug-likeness (QED) is 0.652. The van der Waals surface area contributed by atoms with E-state index in [-0.39, 0.29) is 0 Å². The molecule has 0 amide bonds. The molecule has 0 spiro atoms. The maximum Gasteiger partial charge on any atom is 0.118 e. The molecule has 0 aliphatic carbocycles. The van der Waals surface area contributed by atoms with E-state index in [1.807, 2.05) is 0 Å². The van der Waals surface area contributed by atoms with Crippen LogP contribution in [-0.4, -0.2) is 23.3 Å². The third-order valence-electron chi connectivity index (χ3n) is 2.77. The molecule has 4 heteroatoms. The highest BCUT2D eigenvalue weighted by atomic mass is 32.1. The lowest BCUT2D eigenvalue weighted by Crippen LogP contribution is -2.15. The molecule has 17 heavy (non-hydrogen) atoms. The highest BCUT2D eigenvalue weighted by Crippen LogP contribution is 2.14. The Hall–Kier alpha value is -0.480. The highest BCUT2D eigenvalue weighted by molar-refractivity contribution is 7.11. The minimum Gasteiger partial charge on any atom is -0.317 e. The van der Waals surface area contributed by atoms with Gasteiger partial charge in [0.15, 0.2) is 0 Å². The van der Waals surface area contributed by atoms with Crippen molar-refractivity contribution in [2.24, 2.45) is 0 Å². The average molecular weight is 255 g/mol. The number of nitrogens with one attached hydrogen (secondary N) is 1. The minimum atomic E-state index is 1.02. The molecular formula is C13H25N3S. The standard InChI is InChI=1S/C13H25N3S/c1-3-5-6-7-8-9-12-15-16-13(17-12)10-11-14-4-2/h14H,3-11H2,1-2H3. The van der Waals surface area contributed by atoms with Gasteiger partial charge in [0.25, 0.3) is 0 Å². The fourth-order valence-electron chi connectivity index (χ4n) is 1.74. The van der Waals surface area contributed by atoms with Crippen LogP contribution in [0.1, 0.15) is 56.0 Å². The van der Waals surface area contributed by atoms with E-state index >= 15 is 0 Å². The molecular weight excluding hydrogens is 230 g/mol. The SMILES string of the molecule is CCCCCCCc1nnc(CCNCC)s1. The van der Waals surface area contributed by atoms with Crippen molar-refractivity contribution in [2.45, 2.75) is 58.8 Å². The predicted octanol–water partition coefficient (Wildman–Crippen LogP) is 3.20. The summed E-state index contributed by atoms with van der Waals surface area (Å²) in [5.74, 6) is 0. The Labute approximate surface area is 109 Å². The fraction of sp³-hybridized carbons (Fsp3) is 0.846. The van der Waals surface area contributed by atoms with E-state index in [4.69, 9.17) is 0 Å². The normalized spacial score (nSPS) is 10.9. The smallest absolute Gasteiger partial charge is 0.118 e. The molecule has 0 fully saturated rings. The van der Waals surface area contributed by atoms with E-state index in [1.165, 1.54) is 42.1 Å². The molecule has 0 bridgehead atoms. The molecule has 1 N–H and O–H groups in total. The highest BCUT2D eigenvalue weighted by Gasteiger charge is 2.03. The van der Waals surface area contributed by atoms with E-state index in [1.54, 1.807) is 11.3 Å². The lowest BCUT2D eigenvalue weighted by atomic mass is 10.1. The first-order valence-electron chi connectivity index (χ1n) is 6.88. The second kappa shape index (κ2) is 9.54. The molecule has 1 rings (SSSR count). The van der Waals surface area contributed by atoms with E-state index in [9.17, 15) is 0 Å². The Morgan fingerprint density at radius 3 is 2.35 bits per heavy atom. The maximum absolute atomic E-state index is 4.25. The van der Waals surface area contributed by atoms with E-state index < -0.39 is 0 Å². The molecule has 0 aliphatic heterocycles. The van der Waals surface area contributed by atoms with Crippen molar-refractivity contribution in [1.82, 2.24) is 15.5 Å². The first-order valence-corrected chi connectivity index (χ1v) is 7.70. The third-order valence-corrected chi connectivity index (χ3v) is 3.81. The van der Waals surface area contributed by atoms with Crippen LogP contribution in [0.25, 0.3) is 0 Å². The van der Waals surface area contributed by atoms with Crippen LogP contribution in [0, 0.1) is 0 Å². The van der Waals surface area contributed by atoms with Gasteiger partial charge in [-0.3, -0.25) is 0 Å². The van der Waals surface area contributed by atoms with Crippen molar-refractivity contribution in [1.29, 1.82) is 0 Å². The molecule has 0 aliphatic rings. The summed E-state index contributed by atoms with van der Waals surface area (Å²) in [5, 5.41) is 14.2. The van der Waals surface area contributed by atoms with Crippen LogP contribution in [0.3, 0.4) is 0 Å². The van der Waals surface area contributed by atoms with Crippen LogP contribution in [0.5, 0.6) is 0 Å². The summed E-state index contributed by atoms with van der Waals surface area (Å²) in [6.45, 7) is 6.42. The van der Waals surface area contributed by atoms with Crippen LogP contribution < -0.4 is 5.32 Å². The topological polar surface area (TPSA) is 37.8 Å². The van der Waals surface area contributed by atoms with Gasteiger partial charge in [-0.15, -0.1) is 21.5 Å². The van der Waals surface area contributed by atoms with E-state index in [0.717, 1.165) is 25.9 Å². The van der Waals surface area contributed by atoms with Gasteiger partial charge in [0, 0.05) is 19.4 Å². The van der Waals surface area contributed by atoms with Crippen molar-refractivity contribution in [3.63, 3.8) is 0 Å². The molecule has 0 saturated carbocycles. The summed E-state index contributed by atoms with van der Waals surface area (Å²) in [7, 11) is 0. The van der Waals surface area contributed by atoms with Gasteiger partial charge in [0.2, 0.25) is 0 Å². The molecule has 3 nitrogen and oxygen atoms in total. The monoisotopic (exact) mass is 255 g/mol. The number of hydrogen-bond donors (Lipinski definition) is 1. The first kappa shape index (κ1) is 14.6. The number of hydrogen-bond acceptors (Lipinski definition) is 4. The minimum absolute atomic E-state index is 1.02. The molecule has 0 unspecified atom stereocenters. The van der Waals surface area contributed by atoms with Gasteiger partial charge < -0.3 is 5.32 Å². The zero-order valence-electron chi connectivity index (χ0n) is 11.2. The Morgan fingerprint density at radius 1 is 0.941 bits per heavy atom. The van der Waals surface area contributed by atoms with Gasteiger partial charge in [0.1, 0.15) is 10.0 Å². The van der Waals surface area contributed by atoms with Gasteiger partial charge >= 0.3 is 0 Å². The molecule has 1 heterocycles. The number of unbranched alkanes of at least 4 members (excludes halogenated alkanes) is 4. The van der Waals surface area contributed by atoms with Crippen molar-refractivity contribution in [2.75, 3.05) is 13.1 Å². The first-order chi connectivity index (χ1) is 8.36. The van der Waals surface area contributed by atoms with Crippen LogP contribution in [0.4, 0.5) is 0 Å². The summed E-state index contributed by atoms with van der Waals surface area (Å²) in [6, 6.07) is 0. The van der Waals surface area contributed by atoms with Gasteiger partial charge in [-0.05, 0) is 13.0 Å². The van der Waals surface area contributed by atoms with Crippen molar-refractivity contribution in [3.05, 3.63) is 10.0 Å².